The van der Waals surface area contributed by atoms with E-state index in [9.17, 15) is 19.3 Å². The fraction of sp³-hybridized carbons (Fsp3) is 0.417. The Hall–Kier alpha value is -1.98. The van der Waals surface area contributed by atoms with Crippen molar-refractivity contribution in [3.05, 3.63) is 39.7 Å². The number of hydrogen-bond acceptors (Lipinski definition) is 3. The van der Waals surface area contributed by atoms with E-state index in [1.807, 2.05) is 0 Å². The zero-order chi connectivity index (χ0) is 13.1. The topological polar surface area (TPSA) is 72.2 Å². The molecule has 1 aliphatic carbocycles. The summed E-state index contributed by atoms with van der Waals surface area (Å²) in [4.78, 5) is 21.8. The van der Waals surface area contributed by atoms with Gasteiger partial charge in [-0.05, 0) is 30.9 Å². The largest absolute Gasteiger partial charge is 0.352 e. The van der Waals surface area contributed by atoms with Crippen molar-refractivity contribution in [1.29, 1.82) is 0 Å². The molecule has 0 bridgehead atoms. The van der Waals surface area contributed by atoms with Crippen molar-refractivity contribution in [1.82, 2.24) is 5.32 Å². The highest BCUT2D eigenvalue weighted by Crippen LogP contribution is 2.25. The van der Waals surface area contributed by atoms with Crippen molar-refractivity contribution in [3.63, 3.8) is 0 Å². The summed E-state index contributed by atoms with van der Waals surface area (Å²) < 4.78 is 13.0. The highest BCUT2D eigenvalue weighted by molar-refractivity contribution is 5.98. The van der Waals surface area contributed by atoms with E-state index in [0.29, 0.717) is 12.5 Å². The number of hydrogen-bond donors (Lipinski definition) is 1. The first kappa shape index (κ1) is 12.5. The molecule has 2 rings (SSSR count). The van der Waals surface area contributed by atoms with Gasteiger partial charge in [-0.2, -0.15) is 0 Å². The molecule has 0 aliphatic heterocycles. The van der Waals surface area contributed by atoms with E-state index in [2.05, 4.69) is 5.32 Å². The van der Waals surface area contributed by atoms with Crippen LogP contribution in [0, 0.1) is 21.8 Å². The molecular formula is C12H13FN2O3. The zero-order valence-electron chi connectivity index (χ0n) is 9.69. The van der Waals surface area contributed by atoms with E-state index >= 15 is 0 Å². The number of nitro groups is 1. The highest BCUT2D eigenvalue weighted by Gasteiger charge is 2.23. The van der Waals surface area contributed by atoms with Gasteiger partial charge in [-0.25, -0.2) is 4.39 Å². The normalized spacial score (nSPS) is 14.9. The molecule has 96 valence electrons. The van der Waals surface area contributed by atoms with Crippen molar-refractivity contribution < 1.29 is 14.1 Å². The maximum absolute atomic E-state index is 13.0. The SMILES string of the molecule is O=C(NCC1CCC1)c1cc(F)ccc1[N+](=O)[O-]. The summed E-state index contributed by atoms with van der Waals surface area (Å²) in [6.45, 7) is 0.493. The van der Waals surface area contributed by atoms with Crippen LogP contribution in [0.2, 0.25) is 0 Å². The van der Waals surface area contributed by atoms with Crippen LogP contribution in [0.15, 0.2) is 18.2 Å². The molecule has 0 heterocycles. The number of rotatable bonds is 4. The quantitative estimate of drug-likeness (QED) is 0.660. The van der Waals surface area contributed by atoms with Gasteiger partial charge in [0.2, 0.25) is 0 Å². The number of nitrogens with zero attached hydrogens (tertiary/aromatic N) is 1. The second-order valence-corrected chi connectivity index (χ2v) is 4.43. The lowest BCUT2D eigenvalue weighted by molar-refractivity contribution is -0.385. The average Bonchev–Trinajstić information content (AvgIpc) is 2.26. The summed E-state index contributed by atoms with van der Waals surface area (Å²) in [7, 11) is 0. The van der Waals surface area contributed by atoms with Crippen LogP contribution in [0.25, 0.3) is 0 Å². The Bertz CT molecular complexity index is 486. The summed E-state index contributed by atoms with van der Waals surface area (Å²) in [6.07, 6.45) is 3.28. The van der Waals surface area contributed by atoms with Crippen LogP contribution >= 0.6 is 0 Å². The van der Waals surface area contributed by atoms with E-state index < -0.39 is 16.6 Å². The minimum Gasteiger partial charge on any atom is -0.352 e. The first-order valence-electron chi connectivity index (χ1n) is 5.80. The van der Waals surface area contributed by atoms with Crippen molar-refractivity contribution in [2.45, 2.75) is 19.3 Å². The average molecular weight is 252 g/mol. The monoisotopic (exact) mass is 252 g/mol. The summed E-state index contributed by atoms with van der Waals surface area (Å²) in [5, 5.41) is 13.4. The number of nitro benzene ring substituents is 1. The summed E-state index contributed by atoms with van der Waals surface area (Å²) in [6, 6.07) is 2.88. The minimum atomic E-state index is -0.683. The molecule has 5 nitrogen and oxygen atoms in total. The number of halogens is 1. The lowest BCUT2D eigenvalue weighted by atomic mass is 9.85. The van der Waals surface area contributed by atoms with Gasteiger partial charge >= 0.3 is 0 Å². The first-order valence-corrected chi connectivity index (χ1v) is 5.80. The van der Waals surface area contributed by atoms with Crippen LogP contribution in [-0.2, 0) is 0 Å². The number of amides is 1. The van der Waals surface area contributed by atoms with Gasteiger partial charge in [-0.1, -0.05) is 6.42 Å². The molecular weight excluding hydrogens is 239 g/mol. The van der Waals surface area contributed by atoms with Gasteiger partial charge in [0.25, 0.3) is 11.6 Å². The Labute approximate surface area is 103 Å². The molecule has 1 fully saturated rings. The molecule has 0 saturated heterocycles. The van der Waals surface area contributed by atoms with Gasteiger partial charge in [0, 0.05) is 12.6 Å². The Balaban J connectivity index is 2.11. The highest BCUT2D eigenvalue weighted by atomic mass is 19.1. The molecule has 0 aromatic heterocycles. The van der Waals surface area contributed by atoms with Crippen LogP contribution in [0.5, 0.6) is 0 Å². The second kappa shape index (κ2) is 5.12. The molecule has 18 heavy (non-hydrogen) atoms. The molecule has 6 heteroatoms. The predicted octanol–water partition coefficient (Wildman–Crippen LogP) is 2.26. The Morgan fingerprint density at radius 1 is 1.50 bits per heavy atom. The van der Waals surface area contributed by atoms with Gasteiger partial charge in [0.15, 0.2) is 0 Å². The lowest BCUT2D eigenvalue weighted by Crippen LogP contribution is -2.32. The standard InChI is InChI=1S/C12H13FN2O3/c13-9-4-5-11(15(17)18)10(6-9)12(16)14-7-8-2-1-3-8/h4-6,8H,1-3,7H2,(H,14,16). The van der Waals surface area contributed by atoms with Crippen LogP contribution < -0.4 is 5.32 Å². The third-order valence-electron chi connectivity index (χ3n) is 3.18. The van der Waals surface area contributed by atoms with Crippen molar-refractivity contribution >= 4 is 11.6 Å². The van der Waals surface area contributed by atoms with Gasteiger partial charge in [-0.3, -0.25) is 14.9 Å². The molecule has 1 aliphatic rings. The summed E-state index contributed by atoms with van der Waals surface area (Å²) in [5.41, 5.74) is -0.596. The predicted molar refractivity (Wildman–Crippen MR) is 62.7 cm³/mol. The van der Waals surface area contributed by atoms with Crippen molar-refractivity contribution in [3.8, 4) is 0 Å². The van der Waals surface area contributed by atoms with Crippen LogP contribution in [-0.4, -0.2) is 17.4 Å². The zero-order valence-corrected chi connectivity index (χ0v) is 9.69. The van der Waals surface area contributed by atoms with E-state index in [1.165, 1.54) is 0 Å². The Morgan fingerprint density at radius 3 is 2.78 bits per heavy atom. The molecule has 1 saturated carbocycles. The third kappa shape index (κ3) is 2.64. The Kier molecular flexibility index (Phi) is 3.55. The van der Waals surface area contributed by atoms with Crippen LogP contribution in [0.3, 0.4) is 0 Å². The van der Waals surface area contributed by atoms with Gasteiger partial charge in [0.1, 0.15) is 11.4 Å². The molecule has 1 amide bonds. The maximum atomic E-state index is 13.0. The molecule has 1 N–H and O–H groups in total. The van der Waals surface area contributed by atoms with Gasteiger partial charge in [-0.15, -0.1) is 0 Å². The molecule has 0 unspecified atom stereocenters. The molecule has 1 aromatic carbocycles. The van der Waals surface area contributed by atoms with Crippen molar-refractivity contribution in [2.24, 2.45) is 5.92 Å². The summed E-state index contributed by atoms with van der Waals surface area (Å²) in [5.74, 6) is -0.802. The first-order chi connectivity index (χ1) is 8.58. The van der Waals surface area contributed by atoms with E-state index in [4.69, 9.17) is 0 Å². The van der Waals surface area contributed by atoms with Crippen LogP contribution in [0.4, 0.5) is 10.1 Å². The van der Waals surface area contributed by atoms with E-state index in [-0.39, 0.29) is 11.3 Å². The van der Waals surface area contributed by atoms with Crippen LogP contribution in [0.1, 0.15) is 29.6 Å². The Morgan fingerprint density at radius 2 is 2.22 bits per heavy atom. The molecule has 1 aromatic rings. The lowest BCUT2D eigenvalue weighted by Gasteiger charge is -2.25. The van der Waals surface area contributed by atoms with Crippen molar-refractivity contribution in [2.75, 3.05) is 6.54 Å². The smallest absolute Gasteiger partial charge is 0.282 e. The number of carbonyl (C=O) groups excluding carboxylic acids is 1. The third-order valence-corrected chi connectivity index (χ3v) is 3.18. The van der Waals surface area contributed by atoms with E-state index in [0.717, 1.165) is 37.5 Å². The number of nitrogens with one attached hydrogen (secondary N) is 1. The maximum Gasteiger partial charge on any atom is 0.282 e. The summed E-state index contributed by atoms with van der Waals surface area (Å²) >= 11 is 0. The minimum absolute atomic E-state index is 0.223. The van der Waals surface area contributed by atoms with E-state index in [1.54, 1.807) is 0 Å². The number of carbonyl (C=O) groups is 1. The van der Waals surface area contributed by atoms with Gasteiger partial charge in [0.05, 0.1) is 4.92 Å². The molecule has 0 spiro atoms. The molecule has 0 atom stereocenters. The second-order valence-electron chi connectivity index (χ2n) is 4.43. The fourth-order valence-electron chi connectivity index (χ4n) is 1.88. The van der Waals surface area contributed by atoms with Gasteiger partial charge < -0.3 is 5.32 Å². The molecule has 0 radical (unpaired) electrons. The fourth-order valence-corrected chi connectivity index (χ4v) is 1.88. The number of benzene rings is 1.